The first-order valence-corrected chi connectivity index (χ1v) is 2.70. The molecule has 7 heteroatoms. The number of nitrogens with two attached hydrogens (primary N) is 1. The van der Waals surface area contributed by atoms with Gasteiger partial charge >= 0.3 is 80.9 Å². The minimum atomic E-state index is -1.44. The molecule has 0 aromatic carbocycles. The van der Waals surface area contributed by atoms with Gasteiger partial charge in [0.1, 0.15) is 0 Å². The minimum absolute atomic E-state index is 0. The third kappa shape index (κ3) is 11.5. The SMILES string of the molecule is NC(CCC(=O)[O-])C(=O)[O-].[K+].[Na+]. The number of carbonyl (C=O) groups excluding carboxylic acids is 2. The number of hydrogen-bond donors (Lipinski definition) is 1. The van der Waals surface area contributed by atoms with Crippen molar-refractivity contribution in [2.24, 2.45) is 5.73 Å². The Balaban J connectivity index is -0.000000405. The molecule has 58 valence electrons. The van der Waals surface area contributed by atoms with Gasteiger partial charge in [-0.1, -0.05) is 0 Å². The van der Waals surface area contributed by atoms with E-state index in [1.54, 1.807) is 0 Å². The minimum Gasteiger partial charge on any atom is -0.550 e. The van der Waals surface area contributed by atoms with E-state index in [4.69, 9.17) is 5.73 Å². The zero-order valence-corrected chi connectivity index (χ0v) is 12.3. The summed E-state index contributed by atoms with van der Waals surface area (Å²) < 4.78 is 0. The Morgan fingerprint density at radius 1 is 1.33 bits per heavy atom. The van der Waals surface area contributed by atoms with Crippen LogP contribution in [0.2, 0.25) is 0 Å². The van der Waals surface area contributed by atoms with Gasteiger partial charge in [0.15, 0.2) is 0 Å². The van der Waals surface area contributed by atoms with Crippen LogP contribution in [0.25, 0.3) is 0 Å². The van der Waals surface area contributed by atoms with E-state index >= 15 is 0 Å². The maximum absolute atomic E-state index is 9.86. The summed E-state index contributed by atoms with van der Waals surface area (Å²) in [5.74, 6) is -2.75. The van der Waals surface area contributed by atoms with E-state index in [1.807, 2.05) is 0 Å². The second kappa shape index (κ2) is 10.6. The van der Waals surface area contributed by atoms with Gasteiger partial charge < -0.3 is 25.5 Å². The van der Waals surface area contributed by atoms with Crippen molar-refractivity contribution < 1.29 is 101 Å². The molecule has 0 amide bonds. The molecule has 0 aliphatic rings. The van der Waals surface area contributed by atoms with Crippen molar-refractivity contribution in [2.75, 3.05) is 0 Å². The normalized spacial score (nSPS) is 10.4. The summed E-state index contributed by atoms with van der Waals surface area (Å²) >= 11 is 0. The number of carbonyl (C=O) groups is 2. The molecule has 1 atom stereocenters. The van der Waals surface area contributed by atoms with Gasteiger partial charge in [-0.05, 0) is 12.8 Å². The van der Waals surface area contributed by atoms with Gasteiger partial charge in [0, 0.05) is 12.0 Å². The zero-order chi connectivity index (χ0) is 8.15. The average molecular weight is 207 g/mol. The fourth-order valence-electron chi connectivity index (χ4n) is 0.391. The Labute approximate surface area is 135 Å². The molecule has 0 saturated carbocycles. The van der Waals surface area contributed by atoms with E-state index in [1.165, 1.54) is 0 Å². The van der Waals surface area contributed by atoms with Crippen LogP contribution in [-0.2, 0) is 9.59 Å². The molecule has 0 aliphatic heterocycles. The second-order valence-corrected chi connectivity index (χ2v) is 1.84. The van der Waals surface area contributed by atoms with Crippen molar-refractivity contribution in [1.29, 1.82) is 0 Å². The monoisotopic (exact) mass is 207 g/mol. The van der Waals surface area contributed by atoms with Gasteiger partial charge in [0.2, 0.25) is 0 Å². The van der Waals surface area contributed by atoms with Gasteiger partial charge in [0.25, 0.3) is 0 Å². The van der Waals surface area contributed by atoms with Crippen LogP contribution in [0.3, 0.4) is 0 Å². The third-order valence-electron chi connectivity index (χ3n) is 0.962. The molecule has 0 rings (SSSR count). The molecule has 12 heavy (non-hydrogen) atoms. The summed E-state index contributed by atoms with van der Waals surface area (Å²) in [6.45, 7) is 0. The van der Waals surface area contributed by atoms with E-state index in [-0.39, 0.29) is 93.8 Å². The maximum Gasteiger partial charge on any atom is 1.00 e. The zero-order valence-electron chi connectivity index (χ0n) is 7.20. The van der Waals surface area contributed by atoms with Crippen molar-refractivity contribution in [3.05, 3.63) is 0 Å². The van der Waals surface area contributed by atoms with Crippen LogP contribution in [0.5, 0.6) is 0 Å². The predicted octanol–water partition coefficient (Wildman–Crippen LogP) is -9.40. The number of aliphatic carboxylic acids is 2. The van der Waals surface area contributed by atoms with E-state index in [0.29, 0.717) is 0 Å². The fraction of sp³-hybridized carbons (Fsp3) is 0.600. The molecule has 0 saturated heterocycles. The molecule has 0 aliphatic carbocycles. The standard InChI is InChI=1S/C5H9NO4.K.Na/c6-3(5(9)10)1-2-4(7)8;;/h3H,1-2,6H2,(H,7,8)(H,9,10);;/q;2*+1/p-2. The number of carboxylic acid groups (broad SMARTS) is 2. The maximum atomic E-state index is 9.86. The second-order valence-electron chi connectivity index (χ2n) is 1.84. The summed E-state index contributed by atoms with van der Waals surface area (Å²) in [5, 5.41) is 19.6. The van der Waals surface area contributed by atoms with Crippen LogP contribution in [0.4, 0.5) is 0 Å². The fourth-order valence-corrected chi connectivity index (χ4v) is 0.391. The Kier molecular flexibility index (Phi) is 17.0. The Morgan fingerprint density at radius 3 is 2.00 bits per heavy atom. The molecule has 0 spiro atoms. The smallest absolute Gasteiger partial charge is 0.550 e. The van der Waals surface area contributed by atoms with Crippen molar-refractivity contribution in [3.63, 3.8) is 0 Å². The van der Waals surface area contributed by atoms with Gasteiger partial charge in [-0.25, -0.2) is 0 Å². The van der Waals surface area contributed by atoms with Crippen LogP contribution in [-0.4, -0.2) is 18.0 Å². The molecule has 1 unspecified atom stereocenters. The van der Waals surface area contributed by atoms with Crippen molar-refractivity contribution >= 4 is 11.9 Å². The Bertz CT molecular complexity index is 154. The molecule has 0 radical (unpaired) electrons. The quantitative estimate of drug-likeness (QED) is 0.461. The average Bonchev–Trinajstić information content (AvgIpc) is 1.82. The predicted molar refractivity (Wildman–Crippen MR) is 27.2 cm³/mol. The first-order valence-electron chi connectivity index (χ1n) is 2.70. The Hall–Kier alpha value is 1.54. The number of carboxylic acids is 2. The van der Waals surface area contributed by atoms with Crippen LogP contribution in [0, 0.1) is 0 Å². The molecular formula is C5H7KNNaO4. The molecule has 0 heterocycles. The van der Waals surface area contributed by atoms with Crippen LogP contribution >= 0.6 is 0 Å². The molecule has 0 aromatic heterocycles. The molecule has 0 fully saturated rings. The van der Waals surface area contributed by atoms with Crippen LogP contribution in [0.15, 0.2) is 0 Å². The van der Waals surface area contributed by atoms with Crippen molar-refractivity contribution in [3.8, 4) is 0 Å². The Morgan fingerprint density at radius 2 is 1.75 bits per heavy atom. The number of hydrogen-bond acceptors (Lipinski definition) is 5. The third-order valence-corrected chi connectivity index (χ3v) is 0.962. The first-order chi connectivity index (χ1) is 4.54. The molecule has 0 bridgehead atoms. The molecule has 5 nitrogen and oxygen atoms in total. The van der Waals surface area contributed by atoms with Gasteiger partial charge in [-0.3, -0.25) is 0 Å². The summed E-state index contributed by atoms with van der Waals surface area (Å²) in [7, 11) is 0. The number of rotatable bonds is 4. The molecular weight excluding hydrogens is 200 g/mol. The van der Waals surface area contributed by atoms with E-state index in [2.05, 4.69) is 0 Å². The molecule has 2 N–H and O–H groups in total. The van der Waals surface area contributed by atoms with Crippen LogP contribution in [0.1, 0.15) is 12.8 Å². The van der Waals surface area contributed by atoms with E-state index < -0.39 is 18.0 Å². The molecule has 0 aromatic rings. The summed E-state index contributed by atoms with van der Waals surface area (Å²) in [6, 6.07) is -1.21. The van der Waals surface area contributed by atoms with Crippen molar-refractivity contribution in [2.45, 2.75) is 18.9 Å². The summed E-state index contributed by atoms with van der Waals surface area (Å²) in [6.07, 6.45) is -0.500. The first kappa shape index (κ1) is 19.2. The van der Waals surface area contributed by atoms with Gasteiger partial charge in [-0.15, -0.1) is 0 Å². The van der Waals surface area contributed by atoms with E-state index in [9.17, 15) is 19.8 Å². The summed E-state index contributed by atoms with van der Waals surface area (Å²) in [5.41, 5.74) is 4.91. The summed E-state index contributed by atoms with van der Waals surface area (Å²) in [4.78, 5) is 19.6. The van der Waals surface area contributed by atoms with Gasteiger partial charge in [0.05, 0.1) is 5.97 Å². The van der Waals surface area contributed by atoms with Gasteiger partial charge in [-0.2, -0.15) is 0 Å². The van der Waals surface area contributed by atoms with E-state index in [0.717, 1.165) is 0 Å². The largest absolute Gasteiger partial charge is 1.00 e. The van der Waals surface area contributed by atoms with Crippen LogP contribution < -0.4 is 96.9 Å². The van der Waals surface area contributed by atoms with Crippen molar-refractivity contribution in [1.82, 2.24) is 0 Å². The topological polar surface area (TPSA) is 106 Å².